The summed E-state index contributed by atoms with van der Waals surface area (Å²) in [5.74, 6) is 1.28. The molecule has 7 nitrogen and oxygen atoms in total. The van der Waals surface area contributed by atoms with Gasteiger partial charge >= 0.3 is 0 Å². The molecule has 6 N–H and O–H groups in total. The molecule has 3 aromatic carbocycles. The molecule has 3 rings (SSSR count). The number of nitrogens with zero attached hydrogens (tertiary/aromatic N) is 1. The molecular weight excluding hydrogens is 422 g/mol. The molecule has 0 bridgehead atoms. The number of anilines is 3. The number of benzene rings is 3. The maximum Gasteiger partial charge on any atom is 0.211 e. The summed E-state index contributed by atoms with van der Waals surface area (Å²) in [6.07, 6.45) is 4.17. The fraction of sp³-hybridized carbons (Fsp3) is 0.0833. The Morgan fingerprint density at radius 2 is 1.72 bits per heavy atom. The number of rotatable bonds is 8. The molecule has 0 heterocycles. The van der Waals surface area contributed by atoms with E-state index >= 15 is 0 Å². The lowest BCUT2D eigenvalue weighted by Gasteiger charge is -2.11. The van der Waals surface area contributed by atoms with Crippen molar-refractivity contribution in [3.63, 3.8) is 0 Å². The Balaban J connectivity index is 0.000000258. The average Bonchev–Trinajstić information content (AvgIpc) is 2.83. The van der Waals surface area contributed by atoms with Crippen molar-refractivity contribution >= 4 is 41.3 Å². The number of nitrogen functional groups attached to an aromatic ring is 1. The zero-order chi connectivity index (χ0) is 23.2. The number of methoxy groups -OCH3 is 1. The van der Waals surface area contributed by atoms with E-state index in [2.05, 4.69) is 15.0 Å². The van der Waals surface area contributed by atoms with Crippen molar-refractivity contribution < 1.29 is 9.53 Å². The Labute approximate surface area is 192 Å². The molecule has 0 saturated heterocycles. The van der Waals surface area contributed by atoms with Gasteiger partial charge in [-0.05, 0) is 61.3 Å². The zero-order valence-electron chi connectivity index (χ0n) is 18.0. The van der Waals surface area contributed by atoms with Gasteiger partial charge in [-0.3, -0.25) is 4.79 Å². The first kappa shape index (κ1) is 24.4. The van der Waals surface area contributed by atoms with Crippen molar-refractivity contribution in [3.8, 4) is 5.75 Å². The molecule has 0 atom stereocenters. The summed E-state index contributed by atoms with van der Waals surface area (Å²) in [6, 6.07) is 22.5. The highest BCUT2D eigenvalue weighted by atomic mass is 32.2. The topological polar surface area (TPSA) is 115 Å². The van der Waals surface area contributed by atoms with Gasteiger partial charge in [-0.1, -0.05) is 36.4 Å². The van der Waals surface area contributed by atoms with Crippen LogP contribution in [0.3, 0.4) is 0 Å². The number of nitrogens with one attached hydrogen (secondary N) is 2. The number of ether oxygens (including phenoxy) is 1. The monoisotopic (exact) mass is 449 g/mol. The van der Waals surface area contributed by atoms with Crippen LogP contribution >= 0.6 is 11.9 Å². The second kappa shape index (κ2) is 13.4. The molecule has 0 aromatic heterocycles. The smallest absolute Gasteiger partial charge is 0.211 e. The molecule has 0 fully saturated rings. The maximum atomic E-state index is 10.5. The molecule has 32 heavy (non-hydrogen) atoms. The molecule has 0 aliphatic rings. The summed E-state index contributed by atoms with van der Waals surface area (Å²) in [7, 11) is 1.61. The number of amides is 1. The van der Waals surface area contributed by atoms with Crippen LogP contribution in [0.25, 0.3) is 0 Å². The lowest BCUT2D eigenvalue weighted by atomic mass is 10.2. The van der Waals surface area contributed by atoms with E-state index in [1.165, 1.54) is 11.9 Å². The SMILES string of the molecule is C/C=C/N=C(N)c1ccccc1.COc1ccc(NC=O)cc1SNc1ccc(N)cc1. The van der Waals surface area contributed by atoms with Gasteiger partial charge in [0.25, 0.3) is 0 Å². The van der Waals surface area contributed by atoms with Crippen LogP contribution in [0.5, 0.6) is 5.75 Å². The third-order valence-electron chi connectivity index (χ3n) is 4.01. The van der Waals surface area contributed by atoms with Gasteiger partial charge in [-0.2, -0.15) is 0 Å². The summed E-state index contributed by atoms with van der Waals surface area (Å²) >= 11 is 1.40. The van der Waals surface area contributed by atoms with E-state index in [-0.39, 0.29) is 0 Å². The van der Waals surface area contributed by atoms with E-state index in [0.29, 0.717) is 17.9 Å². The van der Waals surface area contributed by atoms with E-state index in [0.717, 1.165) is 27.6 Å². The molecular formula is C24H27N5O2S. The van der Waals surface area contributed by atoms with Crippen molar-refractivity contribution in [3.05, 3.63) is 90.6 Å². The van der Waals surface area contributed by atoms with Crippen LogP contribution in [0.1, 0.15) is 12.5 Å². The first-order valence-corrected chi connectivity index (χ1v) is 10.6. The fourth-order valence-corrected chi connectivity index (χ4v) is 3.22. The third kappa shape index (κ3) is 8.08. The Kier molecular flexibility index (Phi) is 10.2. The van der Waals surface area contributed by atoms with Gasteiger partial charge in [0.15, 0.2) is 0 Å². The highest BCUT2D eigenvalue weighted by molar-refractivity contribution is 8.00. The Morgan fingerprint density at radius 1 is 1.03 bits per heavy atom. The molecule has 166 valence electrons. The molecule has 0 unspecified atom stereocenters. The minimum absolute atomic E-state index is 0.550. The standard InChI is InChI=1S/C14H15N3O2S.C10H12N2/c1-19-13-7-6-12(16-9-18)8-14(13)20-17-11-4-2-10(15)3-5-11;1-2-8-12-10(11)9-6-4-3-5-7-9/h2-9,17H,15H2,1H3,(H,16,18);2-8H,1H3,(H2,11,12)/b;8-2+. The minimum atomic E-state index is 0.550. The van der Waals surface area contributed by atoms with Crippen LogP contribution in [-0.4, -0.2) is 19.4 Å². The molecule has 1 amide bonds. The van der Waals surface area contributed by atoms with E-state index in [4.69, 9.17) is 16.2 Å². The molecule has 3 aromatic rings. The number of carbonyl (C=O) groups is 1. The van der Waals surface area contributed by atoms with Gasteiger partial charge in [-0.25, -0.2) is 4.99 Å². The number of amidine groups is 1. The number of carbonyl (C=O) groups excluding carboxylic acids is 1. The number of hydrogen-bond donors (Lipinski definition) is 4. The summed E-state index contributed by atoms with van der Waals surface area (Å²) in [4.78, 5) is 15.4. The molecule has 0 spiro atoms. The summed E-state index contributed by atoms with van der Waals surface area (Å²) in [5.41, 5.74) is 14.6. The van der Waals surface area contributed by atoms with Crippen molar-refractivity contribution in [2.45, 2.75) is 11.8 Å². The van der Waals surface area contributed by atoms with Gasteiger partial charge in [0, 0.05) is 28.8 Å². The van der Waals surface area contributed by atoms with Crippen LogP contribution in [0.4, 0.5) is 17.1 Å². The second-order valence-corrected chi connectivity index (χ2v) is 7.16. The minimum Gasteiger partial charge on any atom is -0.496 e. The van der Waals surface area contributed by atoms with Gasteiger partial charge in [0.2, 0.25) is 6.41 Å². The quantitative estimate of drug-likeness (QED) is 0.128. The highest BCUT2D eigenvalue weighted by Gasteiger charge is 2.05. The van der Waals surface area contributed by atoms with Crippen LogP contribution in [0, 0.1) is 0 Å². The number of allylic oxidation sites excluding steroid dienone is 1. The summed E-state index contributed by atoms with van der Waals surface area (Å²) < 4.78 is 8.49. The molecule has 0 saturated carbocycles. The molecule has 8 heteroatoms. The number of aliphatic imine (C=N–C) groups is 1. The van der Waals surface area contributed by atoms with Gasteiger partial charge in [-0.15, -0.1) is 0 Å². The molecule has 0 aliphatic heterocycles. The maximum absolute atomic E-state index is 10.5. The summed E-state index contributed by atoms with van der Waals surface area (Å²) in [6.45, 7) is 1.90. The van der Waals surface area contributed by atoms with Crippen LogP contribution in [-0.2, 0) is 4.79 Å². The first-order valence-electron chi connectivity index (χ1n) is 9.73. The van der Waals surface area contributed by atoms with Crippen LogP contribution in [0.2, 0.25) is 0 Å². The van der Waals surface area contributed by atoms with Gasteiger partial charge in [0.1, 0.15) is 11.6 Å². The fourth-order valence-electron chi connectivity index (χ4n) is 2.42. The zero-order valence-corrected chi connectivity index (χ0v) is 18.8. The van der Waals surface area contributed by atoms with Crippen molar-refractivity contribution in [1.29, 1.82) is 0 Å². The molecule has 0 aliphatic carbocycles. The highest BCUT2D eigenvalue weighted by Crippen LogP contribution is 2.32. The van der Waals surface area contributed by atoms with E-state index in [1.807, 2.05) is 73.7 Å². The Morgan fingerprint density at radius 3 is 2.34 bits per heavy atom. The Bertz CT molecular complexity index is 1040. The lowest BCUT2D eigenvalue weighted by Crippen LogP contribution is -2.12. The van der Waals surface area contributed by atoms with Crippen molar-refractivity contribution in [1.82, 2.24) is 0 Å². The van der Waals surface area contributed by atoms with E-state index in [1.54, 1.807) is 25.4 Å². The average molecular weight is 450 g/mol. The van der Waals surface area contributed by atoms with E-state index in [9.17, 15) is 4.79 Å². The summed E-state index contributed by atoms with van der Waals surface area (Å²) in [5, 5.41) is 2.61. The lowest BCUT2D eigenvalue weighted by molar-refractivity contribution is -0.105. The Hall–Kier alpha value is -3.91. The van der Waals surface area contributed by atoms with Crippen molar-refractivity contribution in [2.75, 3.05) is 22.9 Å². The van der Waals surface area contributed by atoms with Gasteiger partial charge < -0.3 is 26.2 Å². The molecule has 0 radical (unpaired) electrons. The first-order chi connectivity index (χ1) is 15.6. The van der Waals surface area contributed by atoms with Gasteiger partial charge in [0.05, 0.1) is 12.0 Å². The second-order valence-electron chi connectivity index (χ2n) is 6.32. The third-order valence-corrected chi connectivity index (χ3v) is 4.89. The normalized spacial score (nSPS) is 10.8. The van der Waals surface area contributed by atoms with Crippen LogP contribution in [0.15, 0.2) is 95.0 Å². The largest absolute Gasteiger partial charge is 0.496 e. The predicted molar refractivity (Wildman–Crippen MR) is 135 cm³/mol. The van der Waals surface area contributed by atoms with E-state index < -0.39 is 0 Å². The van der Waals surface area contributed by atoms with Crippen LogP contribution < -0.4 is 26.2 Å². The predicted octanol–water partition coefficient (Wildman–Crippen LogP) is 4.89. The number of hydrogen-bond acceptors (Lipinski definition) is 6. The van der Waals surface area contributed by atoms with Crippen molar-refractivity contribution in [2.24, 2.45) is 10.7 Å². The number of nitrogens with two attached hydrogens (primary N) is 2.